The Morgan fingerprint density at radius 3 is 2.00 bits per heavy atom. The van der Waals surface area contributed by atoms with Crippen LogP contribution in [0.4, 0.5) is 18.9 Å². The second-order valence-electron chi connectivity index (χ2n) is 6.23. The number of nitrogens with zero attached hydrogens (tertiary/aromatic N) is 1. The number of hydrogen-bond acceptors (Lipinski definition) is 2. The molecule has 0 amide bonds. The number of aliphatic imine (C=N–C) groups is 1. The highest BCUT2D eigenvalue weighted by Crippen LogP contribution is 2.31. The summed E-state index contributed by atoms with van der Waals surface area (Å²) in [5, 5.41) is 0. The van der Waals surface area contributed by atoms with Crippen LogP contribution in [0, 0.1) is 0 Å². The largest absolute Gasteiger partial charge is 0.478 e. The summed E-state index contributed by atoms with van der Waals surface area (Å²) in [5.74, 6) is 0.349. The first kappa shape index (κ1) is 20.4. The number of ether oxygens (including phenoxy) is 1. The van der Waals surface area contributed by atoms with E-state index in [1.54, 1.807) is 0 Å². The van der Waals surface area contributed by atoms with Crippen LogP contribution < -0.4 is 0 Å². The van der Waals surface area contributed by atoms with E-state index in [0.29, 0.717) is 18.2 Å². The van der Waals surface area contributed by atoms with Gasteiger partial charge in [-0.15, -0.1) is 0 Å². The van der Waals surface area contributed by atoms with Crippen molar-refractivity contribution in [2.24, 2.45) is 4.99 Å². The fourth-order valence-corrected chi connectivity index (χ4v) is 2.75. The molecule has 3 aromatic rings. The molecule has 29 heavy (non-hydrogen) atoms. The number of rotatable bonds is 5. The third kappa shape index (κ3) is 5.57. The van der Waals surface area contributed by atoms with Crippen LogP contribution in [0.25, 0.3) is 11.6 Å². The first-order chi connectivity index (χ1) is 14.0. The van der Waals surface area contributed by atoms with Gasteiger partial charge < -0.3 is 4.74 Å². The maximum Gasteiger partial charge on any atom is 0.416 e. The zero-order valence-corrected chi connectivity index (χ0v) is 15.9. The van der Waals surface area contributed by atoms with E-state index >= 15 is 0 Å². The molecule has 0 aliphatic rings. The van der Waals surface area contributed by atoms with Crippen molar-refractivity contribution in [3.05, 3.63) is 102 Å². The summed E-state index contributed by atoms with van der Waals surface area (Å²) in [4.78, 5) is 4.50. The van der Waals surface area contributed by atoms with Gasteiger partial charge in [0.1, 0.15) is 0 Å². The molecule has 0 aliphatic carbocycles. The van der Waals surface area contributed by atoms with Crippen molar-refractivity contribution < 1.29 is 17.9 Å². The molecule has 0 unspecified atom stereocenters. The van der Waals surface area contributed by atoms with Gasteiger partial charge in [-0.05, 0) is 48.4 Å². The van der Waals surface area contributed by atoms with Crippen LogP contribution in [-0.2, 0) is 10.9 Å². The van der Waals surface area contributed by atoms with E-state index in [0.717, 1.165) is 28.8 Å². The van der Waals surface area contributed by atoms with Crippen molar-refractivity contribution in [3.8, 4) is 0 Å². The van der Waals surface area contributed by atoms with E-state index in [1.807, 2.05) is 73.7 Å². The standard InChI is InChI=1S/C24H20F3NO/c1-2-29-23(28-21-15-13-20(14-16-21)24(25,26)27)22(19-11-7-4-8-12-19)17-18-9-5-3-6-10-18/h3-17H,2H2,1H3/b22-17+,28-23?. The Labute approximate surface area is 168 Å². The molecule has 0 atom stereocenters. The van der Waals surface area contributed by atoms with Crippen molar-refractivity contribution in [2.45, 2.75) is 13.1 Å². The summed E-state index contributed by atoms with van der Waals surface area (Å²) in [6.45, 7) is 2.21. The first-order valence-corrected chi connectivity index (χ1v) is 9.18. The highest BCUT2D eigenvalue weighted by molar-refractivity contribution is 6.24. The highest BCUT2D eigenvalue weighted by atomic mass is 19.4. The normalized spacial score (nSPS) is 12.7. The van der Waals surface area contributed by atoms with Crippen molar-refractivity contribution in [1.29, 1.82) is 0 Å². The first-order valence-electron chi connectivity index (χ1n) is 9.18. The predicted octanol–water partition coefficient (Wildman–Crippen LogP) is 7.01. The van der Waals surface area contributed by atoms with Gasteiger partial charge >= 0.3 is 6.18 Å². The van der Waals surface area contributed by atoms with Crippen LogP contribution in [0.2, 0.25) is 0 Å². The Hall–Kier alpha value is -3.34. The summed E-state index contributed by atoms with van der Waals surface area (Å²) >= 11 is 0. The molecule has 0 radical (unpaired) electrons. The van der Waals surface area contributed by atoms with Crippen LogP contribution >= 0.6 is 0 Å². The van der Waals surface area contributed by atoms with E-state index in [-0.39, 0.29) is 0 Å². The molecule has 3 aromatic carbocycles. The Kier molecular flexibility index (Phi) is 6.50. The average Bonchev–Trinajstić information content (AvgIpc) is 2.73. The van der Waals surface area contributed by atoms with Gasteiger partial charge in [-0.3, -0.25) is 0 Å². The van der Waals surface area contributed by atoms with Gasteiger partial charge in [0.05, 0.1) is 17.9 Å². The molecule has 0 heterocycles. The van der Waals surface area contributed by atoms with Crippen molar-refractivity contribution in [3.63, 3.8) is 0 Å². The lowest BCUT2D eigenvalue weighted by Crippen LogP contribution is -2.08. The summed E-state index contributed by atoms with van der Waals surface area (Å²) in [6.07, 6.45) is -2.43. The monoisotopic (exact) mass is 395 g/mol. The minimum Gasteiger partial charge on any atom is -0.478 e. The maximum absolute atomic E-state index is 12.8. The van der Waals surface area contributed by atoms with Gasteiger partial charge in [-0.1, -0.05) is 60.7 Å². The van der Waals surface area contributed by atoms with Gasteiger partial charge in [0.2, 0.25) is 5.90 Å². The summed E-state index contributed by atoms with van der Waals surface area (Å²) in [7, 11) is 0. The molecule has 0 aliphatic heterocycles. The van der Waals surface area contributed by atoms with E-state index in [4.69, 9.17) is 4.74 Å². The minimum atomic E-state index is -4.38. The van der Waals surface area contributed by atoms with Gasteiger partial charge in [0, 0.05) is 5.57 Å². The second-order valence-corrected chi connectivity index (χ2v) is 6.23. The highest BCUT2D eigenvalue weighted by Gasteiger charge is 2.30. The lowest BCUT2D eigenvalue weighted by Gasteiger charge is -2.13. The number of benzene rings is 3. The third-order valence-corrected chi connectivity index (χ3v) is 4.13. The summed E-state index contributed by atoms with van der Waals surface area (Å²) in [5.41, 5.74) is 2.29. The second kappa shape index (κ2) is 9.24. The number of halogens is 3. The lowest BCUT2D eigenvalue weighted by atomic mass is 10.0. The topological polar surface area (TPSA) is 21.6 Å². The molecule has 5 heteroatoms. The Bertz CT molecular complexity index is 976. The maximum atomic E-state index is 12.8. The van der Waals surface area contributed by atoms with Crippen LogP contribution in [-0.4, -0.2) is 12.5 Å². The molecular weight excluding hydrogens is 375 g/mol. The molecule has 0 saturated heterocycles. The van der Waals surface area contributed by atoms with Crippen molar-refractivity contribution in [1.82, 2.24) is 0 Å². The number of hydrogen-bond donors (Lipinski definition) is 0. The van der Waals surface area contributed by atoms with E-state index in [1.165, 1.54) is 12.1 Å². The average molecular weight is 395 g/mol. The SMILES string of the molecule is CCOC(=Nc1ccc(C(F)(F)F)cc1)/C(=C/c1ccccc1)c1ccccc1. The van der Waals surface area contributed by atoms with Gasteiger partial charge in [0.15, 0.2) is 0 Å². The molecule has 0 saturated carbocycles. The fourth-order valence-electron chi connectivity index (χ4n) is 2.75. The summed E-state index contributed by atoms with van der Waals surface area (Å²) in [6, 6.07) is 24.1. The van der Waals surface area contributed by atoms with Crippen LogP contribution in [0.5, 0.6) is 0 Å². The molecule has 0 fully saturated rings. The van der Waals surface area contributed by atoms with Gasteiger partial charge in [0.25, 0.3) is 0 Å². The number of alkyl halides is 3. The zero-order chi connectivity index (χ0) is 20.7. The quantitative estimate of drug-likeness (QED) is 0.259. The van der Waals surface area contributed by atoms with Gasteiger partial charge in [-0.25, -0.2) is 4.99 Å². The fraction of sp³-hybridized carbons (Fsp3) is 0.125. The predicted molar refractivity (Wildman–Crippen MR) is 111 cm³/mol. The lowest BCUT2D eigenvalue weighted by molar-refractivity contribution is -0.137. The van der Waals surface area contributed by atoms with Crippen LogP contribution in [0.1, 0.15) is 23.6 Å². The van der Waals surface area contributed by atoms with Gasteiger partial charge in [-0.2, -0.15) is 13.2 Å². The molecule has 0 N–H and O–H groups in total. The van der Waals surface area contributed by atoms with Crippen molar-refractivity contribution in [2.75, 3.05) is 6.61 Å². The molecule has 0 bridgehead atoms. The molecule has 148 valence electrons. The molecular formula is C24H20F3NO. The van der Waals surface area contributed by atoms with E-state index in [2.05, 4.69) is 4.99 Å². The van der Waals surface area contributed by atoms with E-state index < -0.39 is 11.7 Å². The third-order valence-electron chi connectivity index (χ3n) is 4.13. The van der Waals surface area contributed by atoms with Crippen molar-refractivity contribution >= 4 is 23.2 Å². The smallest absolute Gasteiger partial charge is 0.416 e. The molecule has 2 nitrogen and oxygen atoms in total. The summed E-state index contributed by atoms with van der Waals surface area (Å²) < 4.78 is 44.3. The molecule has 0 aromatic heterocycles. The zero-order valence-electron chi connectivity index (χ0n) is 15.9. The van der Waals surface area contributed by atoms with E-state index in [9.17, 15) is 13.2 Å². The molecule has 0 spiro atoms. The Balaban J connectivity index is 2.07. The molecule has 3 rings (SSSR count). The minimum absolute atomic E-state index is 0.349. The Morgan fingerprint density at radius 2 is 1.45 bits per heavy atom. The van der Waals surface area contributed by atoms with Crippen LogP contribution in [0.3, 0.4) is 0 Å². The Morgan fingerprint density at radius 1 is 0.862 bits per heavy atom. The van der Waals surface area contributed by atoms with Crippen LogP contribution in [0.15, 0.2) is 89.9 Å².